The van der Waals surface area contributed by atoms with E-state index in [1.165, 1.54) is 0 Å². The van der Waals surface area contributed by atoms with Gasteiger partial charge in [0.1, 0.15) is 0 Å². The first kappa shape index (κ1) is 17.6. The highest BCUT2D eigenvalue weighted by Crippen LogP contribution is 2.26. The molecule has 1 atom stereocenters. The molecule has 0 bridgehead atoms. The molecule has 0 saturated carbocycles. The van der Waals surface area contributed by atoms with E-state index in [4.69, 9.17) is 9.47 Å². The van der Waals surface area contributed by atoms with Crippen molar-refractivity contribution in [3.05, 3.63) is 24.3 Å². The van der Waals surface area contributed by atoms with Gasteiger partial charge in [0.25, 0.3) is 5.91 Å². The summed E-state index contributed by atoms with van der Waals surface area (Å²) in [6.07, 6.45) is 1.06. The fraction of sp³-hybridized carbons (Fsp3) is 0.533. The van der Waals surface area contributed by atoms with E-state index >= 15 is 0 Å². The van der Waals surface area contributed by atoms with Gasteiger partial charge in [0.2, 0.25) is 0 Å². The number of benzene rings is 1. The molecule has 118 valence electrons. The largest absolute Gasteiger partial charge is 0.493 e. The van der Waals surface area contributed by atoms with Gasteiger partial charge in [0.05, 0.1) is 7.11 Å². The van der Waals surface area contributed by atoms with Gasteiger partial charge in [0.15, 0.2) is 18.1 Å². The Bertz CT molecular complexity index is 456. The zero-order chi connectivity index (χ0) is 14.4. The van der Waals surface area contributed by atoms with Crippen LogP contribution >= 0.6 is 12.4 Å². The summed E-state index contributed by atoms with van der Waals surface area (Å²) in [6, 6.07) is 7.36. The fourth-order valence-electron chi connectivity index (χ4n) is 2.48. The summed E-state index contributed by atoms with van der Waals surface area (Å²) < 4.78 is 10.8. The van der Waals surface area contributed by atoms with Crippen molar-refractivity contribution in [2.24, 2.45) is 5.92 Å². The van der Waals surface area contributed by atoms with Crippen molar-refractivity contribution >= 4 is 18.3 Å². The van der Waals surface area contributed by atoms with Crippen molar-refractivity contribution in [3.63, 3.8) is 0 Å². The second-order valence-electron chi connectivity index (χ2n) is 4.99. The number of amides is 1. The van der Waals surface area contributed by atoms with Crippen LogP contribution < -0.4 is 14.8 Å². The lowest BCUT2D eigenvalue weighted by Crippen LogP contribution is -2.34. The van der Waals surface area contributed by atoms with Crippen LogP contribution in [0.4, 0.5) is 0 Å². The molecule has 1 aromatic rings. The second-order valence-corrected chi connectivity index (χ2v) is 4.99. The maximum atomic E-state index is 12.1. The van der Waals surface area contributed by atoms with Crippen LogP contribution in [0, 0.1) is 5.92 Å². The molecule has 2 rings (SSSR count). The van der Waals surface area contributed by atoms with Crippen LogP contribution in [0.1, 0.15) is 6.42 Å². The first-order valence-corrected chi connectivity index (χ1v) is 6.92. The molecule has 1 heterocycles. The highest BCUT2D eigenvalue weighted by atomic mass is 35.5. The van der Waals surface area contributed by atoms with E-state index in [0.717, 1.165) is 26.1 Å². The third-order valence-electron chi connectivity index (χ3n) is 3.55. The molecule has 1 aliphatic rings. The second kappa shape index (κ2) is 8.74. The number of para-hydroxylation sites is 2. The molecule has 6 heteroatoms. The van der Waals surface area contributed by atoms with E-state index < -0.39 is 0 Å². The predicted octanol–water partition coefficient (Wildman–Crippen LogP) is 1.56. The van der Waals surface area contributed by atoms with Crippen molar-refractivity contribution in [3.8, 4) is 11.5 Å². The number of ether oxygens (including phenoxy) is 2. The molecule has 1 unspecified atom stereocenters. The predicted molar refractivity (Wildman–Crippen MR) is 84.4 cm³/mol. The van der Waals surface area contributed by atoms with Gasteiger partial charge in [-0.1, -0.05) is 12.1 Å². The fourth-order valence-corrected chi connectivity index (χ4v) is 2.48. The maximum Gasteiger partial charge on any atom is 0.260 e. The van der Waals surface area contributed by atoms with Gasteiger partial charge in [-0.2, -0.15) is 0 Å². The zero-order valence-corrected chi connectivity index (χ0v) is 13.3. The number of carbonyl (C=O) groups excluding carboxylic acids is 1. The smallest absolute Gasteiger partial charge is 0.260 e. The zero-order valence-electron chi connectivity index (χ0n) is 12.5. The van der Waals surface area contributed by atoms with E-state index in [9.17, 15) is 4.79 Å². The number of hydrogen-bond acceptors (Lipinski definition) is 4. The van der Waals surface area contributed by atoms with E-state index in [2.05, 4.69) is 5.32 Å². The minimum Gasteiger partial charge on any atom is -0.493 e. The topological polar surface area (TPSA) is 50.8 Å². The molecule has 21 heavy (non-hydrogen) atoms. The minimum atomic E-state index is 0. The molecular weight excluding hydrogens is 292 g/mol. The Labute approximate surface area is 132 Å². The van der Waals surface area contributed by atoms with Crippen LogP contribution in [0.15, 0.2) is 24.3 Å². The quantitative estimate of drug-likeness (QED) is 0.866. The molecule has 1 fully saturated rings. The Hall–Kier alpha value is -1.46. The summed E-state index contributed by atoms with van der Waals surface area (Å²) in [7, 11) is 3.53. The molecular formula is C15H23ClN2O3. The molecule has 1 saturated heterocycles. The van der Waals surface area contributed by atoms with Gasteiger partial charge in [-0.15, -0.1) is 12.4 Å². The van der Waals surface area contributed by atoms with E-state index in [1.54, 1.807) is 13.2 Å². The monoisotopic (exact) mass is 314 g/mol. The van der Waals surface area contributed by atoms with Crippen LogP contribution in [0.3, 0.4) is 0 Å². The first-order chi connectivity index (χ1) is 9.74. The van der Waals surface area contributed by atoms with Crippen LogP contribution in [-0.2, 0) is 4.79 Å². The van der Waals surface area contributed by atoms with Crippen LogP contribution in [0.5, 0.6) is 11.5 Å². The van der Waals surface area contributed by atoms with Gasteiger partial charge in [-0.3, -0.25) is 4.79 Å². The standard InChI is InChI=1S/C15H22N2O3.ClH/c1-16-9-12-7-8-17(10-12)15(18)11-20-14-6-4-3-5-13(14)19-2;/h3-6,12,16H,7-11H2,1-2H3;1H. The lowest BCUT2D eigenvalue weighted by atomic mass is 10.1. The van der Waals surface area contributed by atoms with Crippen molar-refractivity contribution in [2.75, 3.05) is 40.4 Å². The van der Waals surface area contributed by atoms with Gasteiger partial charge in [-0.05, 0) is 38.1 Å². The number of methoxy groups -OCH3 is 1. The Morgan fingerprint density at radius 3 is 2.76 bits per heavy atom. The molecule has 0 aliphatic carbocycles. The highest BCUT2D eigenvalue weighted by molar-refractivity contribution is 5.85. The van der Waals surface area contributed by atoms with Crippen molar-refractivity contribution in [1.29, 1.82) is 0 Å². The third kappa shape index (κ3) is 4.79. The molecule has 1 amide bonds. The summed E-state index contributed by atoms with van der Waals surface area (Å²) >= 11 is 0. The maximum absolute atomic E-state index is 12.1. The SMILES string of the molecule is CNCC1CCN(C(=O)COc2ccccc2OC)C1.Cl. The molecule has 0 aromatic heterocycles. The summed E-state index contributed by atoms with van der Waals surface area (Å²) in [5.74, 6) is 1.84. The van der Waals surface area contributed by atoms with Crippen LogP contribution in [0.2, 0.25) is 0 Å². The number of likely N-dealkylation sites (tertiary alicyclic amines) is 1. The number of nitrogens with zero attached hydrogens (tertiary/aromatic N) is 1. The Morgan fingerprint density at radius 2 is 2.10 bits per heavy atom. The number of nitrogens with one attached hydrogen (secondary N) is 1. The molecule has 0 radical (unpaired) electrons. The molecule has 1 N–H and O–H groups in total. The number of halogens is 1. The van der Waals surface area contributed by atoms with E-state index in [1.807, 2.05) is 30.1 Å². The summed E-state index contributed by atoms with van der Waals surface area (Å²) in [6.45, 7) is 2.65. The average molecular weight is 315 g/mol. The van der Waals surface area contributed by atoms with E-state index in [0.29, 0.717) is 17.4 Å². The number of rotatable bonds is 6. The Balaban J connectivity index is 0.00000220. The van der Waals surface area contributed by atoms with Crippen LogP contribution in [-0.4, -0.2) is 51.2 Å². The van der Waals surface area contributed by atoms with Gasteiger partial charge >= 0.3 is 0 Å². The van der Waals surface area contributed by atoms with Crippen molar-refractivity contribution < 1.29 is 14.3 Å². The van der Waals surface area contributed by atoms with E-state index in [-0.39, 0.29) is 24.9 Å². The third-order valence-corrected chi connectivity index (χ3v) is 3.55. The summed E-state index contributed by atoms with van der Waals surface area (Å²) in [5.41, 5.74) is 0. The summed E-state index contributed by atoms with van der Waals surface area (Å²) in [5, 5.41) is 3.16. The molecule has 1 aliphatic heterocycles. The Morgan fingerprint density at radius 1 is 1.38 bits per heavy atom. The minimum absolute atomic E-state index is 0. The summed E-state index contributed by atoms with van der Waals surface area (Å²) in [4.78, 5) is 14.0. The number of hydrogen-bond donors (Lipinski definition) is 1. The van der Waals surface area contributed by atoms with Crippen molar-refractivity contribution in [1.82, 2.24) is 10.2 Å². The number of carbonyl (C=O) groups is 1. The van der Waals surface area contributed by atoms with Gasteiger partial charge in [0, 0.05) is 13.1 Å². The van der Waals surface area contributed by atoms with Crippen LogP contribution in [0.25, 0.3) is 0 Å². The normalized spacial score (nSPS) is 17.2. The average Bonchev–Trinajstić information content (AvgIpc) is 2.94. The Kier molecular flexibility index (Phi) is 7.32. The molecule has 0 spiro atoms. The van der Waals surface area contributed by atoms with Gasteiger partial charge in [-0.25, -0.2) is 0 Å². The van der Waals surface area contributed by atoms with Crippen molar-refractivity contribution in [2.45, 2.75) is 6.42 Å². The lowest BCUT2D eigenvalue weighted by Gasteiger charge is -2.17. The van der Waals surface area contributed by atoms with Gasteiger partial charge < -0.3 is 19.7 Å². The molecule has 1 aromatic carbocycles. The first-order valence-electron chi connectivity index (χ1n) is 6.92. The highest BCUT2D eigenvalue weighted by Gasteiger charge is 2.25. The molecule has 5 nitrogen and oxygen atoms in total. The lowest BCUT2D eigenvalue weighted by molar-refractivity contribution is -0.132.